The molecule has 0 unspecified atom stereocenters. The standard InChI is InChI=1S/C26H34N2O/c1-3-4-5-6-7-8-15-22-27-28(23(2)29)26(25-18-13-10-14-19-25)21-20-24-16-11-9-12-17-24/h9-14,16-22,26H,3-8,15H2,1-2H3/b21-20+,27-22+/t26-/m0/s1. The first-order valence-electron chi connectivity index (χ1n) is 10.8. The predicted octanol–water partition coefficient (Wildman–Crippen LogP) is 7.03. The van der Waals surface area contributed by atoms with E-state index >= 15 is 0 Å². The van der Waals surface area contributed by atoms with Gasteiger partial charge in [-0.05, 0) is 24.0 Å². The molecule has 1 atom stereocenters. The van der Waals surface area contributed by atoms with Gasteiger partial charge in [-0.3, -0.25) is 4.79 Å². The molecule has 0 radical (unpaired) electrons. The molecule has 0 bridgehead atoms. The predicted molar refractivity (Wildman–Crippen MR) is 124 cm³/mol. The Labute approximate surface area is 176 Å². The average molecular weight is 391 g/mol. The fourth-order valence-corrected chi connectivity index (χ4v) is 3.26. The van der Waals surface area contributed by atoms with Gasteiger partial charge in [0, 0.05) is 13.1 Å². The molecule has 0 spiro atoms. The van der Waals surface area contributed by atoms with Crippen LogP contribution in [0.25, 0.3) is 6.08 Å². The van der Waals surface area contributed by atoms with E-state index in [2.05, 4.69) is 30.2 Å². The Morgan fingerprint density at radius 1 is 0.931 bits per heavy atom. The van der Waals surface area contributed by atoms with Crippen LogP contribution < -0.4 is 0 Å². The molecule has 0 aliphatic rings. The molecule has 3 heteroatoms. The van der Waals surface area contributed by atoms with Crippen molar-refractivity contribution in [1.82, 2.24) is 5.01 Å². The van der Waals surface area contributed by atoms with Crippen LogP contribution in [0.1, 0.15) is 76.0 Å². The maximum atomic E-state index is 12.4. The van der Waals surface area contributed by atoms with E-state index < -0.39 is 0 Å². The van der Waals surface area contributed by atoms with Gasteiger partial charge in [0.2, 0.25) is 5.91 Å². The highest BCUT2D eigenvalue weighted by molar-refractivity contribution is 5.75. The molecule has 1 amide bonds. The van der Waals surface area contributed by atoms with Gasteiger partial charge in [-0.2, -0.15) is 5.10 Å². The van der Waals surface area contributed by atoms with Crippen molar-refractivity contribution in [3.05, 3.63) is 77.9 Å². The van der Waals surface area contributed by atoms with Gasteiger partial charge >= 0.3 is 0 Å². The van der Waals surface area contributed by atoms with E-state index in [4.69, 9.17) is 0 Å². The normalized spacial score (nSPS) is 12.5. The van der Waals surface area contributed by atoms with E-state index in [9.17, 15) is 4.79 Å². The third-order valence-electron chi connectivity index (χ3n) is 4.89. The molecule has 3 nitrogen and oxygen atoms in total. The SMILES string of the molecule is CCCCCCCC/C=N/N(C(C)=O)[C@@H](/C=C/c1ccccc1)c1ccccc1. The van der Waals surface area contributed by atoms with Crippen LogP contribution in [0.2, 0.25) is 0 Å². The van der Waals surface area contributed by atoms with Gasteiger partial charge in [0.25, 0.3) is 0 Å². The maximum Gasteiger partial charge on any atom is 0.240 e. The Balaban J connectivity index is 2.07. The summed E-state index contributed by atoms with van der Waals surface area (Å²) in [4.78, 5) is 12.4. The molecule has 0 N–H and O–H groups in total. The molecule has 0 saturated carbocycles. The number of hydrazone groups is 1. The molecule has 0 aliphatic carbocycles. The molecule has 0 aliphatic heterocycles. The number of hydrogen-bond donors (Lipinski definition) is 0. The first-order valence-corrected chi connectivity index (χ1v) is 10.8. The summed E-state index contributed by atoms with van der Waals surface area (Å²) in [5, 5.41) is 6.14. The Morgan fingerprint density at radius 2 is 1.55 bits per heavy atom. The number of carbonyl (C=O) groups excluding carboxylic acids is 1. The van der Waals surface area contributed by atoms with Gasteiger partial charge in [0.15, 0.2) is 0 Å². The Kier molecular flexibility index (Phi) is 10.5. The van der Waals surface area contributed by atoms with Gasteiger partial charge < -0.3 is 0 Å². The molecule has 154 valence electrons. The largest absolute Gasteiger partial charge is 0.273 e. The topological polar surface area (TPSA) is 32.7 Å². The van der Waals surface area contributed by atoms with Crippen molar-refractivity contribution in [3.8, 4) is 0 Å². The average Bonchev–Trinajstić information content (AvgIpc) is 2.75. The monoisotopic (exact) mass is 390 g/mol. The third-order valence-corrected chi connectivity index (χ3v) is 4.89. The van der Waals surface area contributed by atoms with Crippen molar-refractivity contribution < 1.29 is 4.79 Å². The molecule has 29 heavy (non-hydrogen) atoms. The molecular weight excluding hydrogens is 356 g/mol. The summed E-state index contributed by atoms with van der Waals surface area (Å²) >= 11 is 0. The second kappa shape index (κ2) is 13.5. The second-order valence-corrected chi connectivity index (χ2v) is 7.34. The number of carbonyl (C=O) groups is 1. The fourth-order valence-electron chi connectivity index (χ4n) is 3.26. The summed E-state index contributed by atoms with van der Waals surface area (Å²) in [6.45, 7) is 3.81. The molecule has 0 saturated heterocycles. The van der Waals surface area contributed by atoms with E-state index in [-0.39, 0.29) is 11.9 Å². The van der Waals surface area contributed by atoms with Crippen LogP contribution in [0, 0.1) is 0 Å². The first-order chi connectivity index (χ1) is 14.2. The molecular formula is C26H34N2O. The highest BCUT2D eigenvalue weighted by atomic mass is 16.2. The number of unbranched alkanes of at least 4 members (excludes halogenated alkanes) is 6. The van der Waals surface area contributed by atoms with E-state index in [1.807, 2.05) is 60.8 Å². The lowest BCUT2D eigenvalue weighted by Gasteiger charge is -2.24. The van der Waals surface area contributed by atoms with Crippen molar-refractivity contribution in [1.29, 1.82) is 0 Å². The fraction of sp³-hybridized carbons (Fsp3) is 0.385. The van der Waals surface area contributed by atoms with Gasteiger partial charge in [-0.25, -0.2) is 5.01 Å². The summed E-state index contributed by atoms with van der Waals surface area (Å²) in [5.74, 6) is -0.0595. The summed E-state index contributed by atoms with van der Waals surface area (Å²) < 4.78 is 0. The summed E-state index contributed by atoms with van der Waals surface area (Å²) in [7, 11) is 0. The summed E-state index contributed by atoms with van der Waals surface area (Å²) in [5.41, 5.74) is 2.15. The van der Waals surface area contributed by atoms with Crippen LogP contribution in [0.3, 0.4) is 0 Å². The van der Waals surface area contributed by atoms with E-state index in [0.717, 1.165) is 24.0 Å². The van der Waals surface area contributed by atoms with Crippen LogP contribution in [0.5, 0.6) is 0 Å². The number of hydrogen-bond acceptors (Lipinski definition) is 2. The Morgan fingerprint density at radius 3 is 2.21 bits per heavy atom. The summed E-state index contributed by atoms with van der Waals surface area (Å²) in [6.07, 6.45) is 14.4. The van der Waals surface area contributed by atoms with Crippen LogP contribution in [-0.2, 0) is 4.79 Å². The highest BCUT2D eigenvalue weighted by Crippen LogP contribution is 2.24. The van der Waals surface area contributed by atoms with Gasteiger partial charge in [-0.1, -0.05) is 112 Å². The smallest absolute Gasteiger partial charge is 0.240 e. The molecule has 2 aromatic carbocycles. The van der Waals surface area contributed by atoms with Crippen molar-refractivity contribution in [3.63, 3.8) is 0 Å². The van der Waals surface area contributed by atoms with E-state index in [1.54, 1.807) is 11.9 Å². The minimum atomic E-state index is -0.227. The van der Waals surface area contributed by atoms with Crippen LogP contribution in [-0.4, -0.2) is 17.1 Å². The number of benzene rings is 2. The molecule has 0 aromatic heterocycles. The van der Waals surface area contributed by atoms with Gasteiger partial charge in [0.1, 0.15) is 0 Å². The molecule has 2 rings (SSSR count). The number of amides is 1. The maximum absolute atomic E-state index is 12.4. The second-order valence-electron chi connectivity index (χ2n) is 7.34. The zero-order valence-corrected chi connectivity index (χ0v) is 17.8. The highest BCUT2D eigenvalue weighted by Gasteiger charge is 2.19. The van der Waals surface area contributed by atoms with Gasteiger partial charge in [-0.15, -0.1) is 0 Å². The lowest BCUT2D eigenvalue weighted by molar-refractivity contribution is -0.130. The molecule has 2 aromatic rings. The zero-order valence-electron chi connectivity index (χ0n) is 17.8. The summed E-state index contributed by atoms with van der Waals surface area (Å²) in [6, 6.07) is 20.0. The van der Waals surface area contributed by atoms with Crippen molar-refractivity contribution in [2.75, 3.05) is 0 Å². The minimum Gasteiger partial charge on any atom is -0.273 e. The lowest BCUT2D eigenvalue weighted by atomic mass is 10.0. The number of nitrogens with zero attached hydrogens (tertiary/aromatic N) is 2. The first kappa shape index (κ1) is 22.6. The third kappa shape index (κ3) is 8.47. The van der Waals surface area contributed by atoms with Crippen molar-refractivity contribution >= 4 is 18.2 Å². The van der Waals surface area contributed by atoms with Crippen LogP contribution in [0.15, 0.2) is 71.8 Å². The minimum absolute atomic E-state index is 0.0595. The Bertz CT molecular complexity index is 753. The quantitative estimate of drug-likeness (QED) is 0.218. The molecule has 0 fully saturated rings. The van der Waals surface area contributed by atoms with E-state index in [0.29, 0.717) is 0 Å². The van der Waals surface area contributed by atoms with Gasteiger partial charge in [0.05, 0.1) is 6.04 Å². The van der Waals surface area contributed by atoms with E-state index in [1.165, 1.54) is 32.1 Å². The molecule has 0 heterocycles. The van der Waals surface area contributed by atoms with Crippen molar-refractivity contribution in [2.24, 2.45) is 5.10 Å². The number of rotatable bonds is 12. The van der Waals surface area contributed by atoms with Crippen LogP contribution in [0.4, 0.5) is 0 Å². The lowest BCUT2D eigenvalue weighted by Crippen LogP contribution is -2.27. The zero-order chi connectivity index (χ0) is 20.7. The van der Waals surface area contributed by atoms with Crippen molar-refractivity contribution in [2.45, 2.75) is 64.8 Å². The Hall–Kier alpha value is -2.68. The van der Waals surface area contributed by atoms with Crippen LogP contribution >= 0.6 is 0 Å².